The van der Waals surface area contributed by atoms with E-state index in [1.165, 1.54) is 0 Å². The second kappa shape index (κ2) is 1.63. The number of hydrogen-bond donors (Lipinski definition) is 2. The van der Waals surface area contributed by atoms with Crippen LogP contribution < -0.4 is 11.1 Å². The predicted molar refractivity (Wildman–Crippen MR) is 25.8 cm³/mol. The van der Waals surface area contributed by atoms with Crippen molar-refractivity contribution in [2.24, 2.45) is 5.73 Å². The second-order valence-corrected chi connectivity index (χ2v) is 2.00. The molecule has 3 N–H and O–H groups in total. The number of hydrogen-bond acceptors (Lipinski definition) is 2. The SMILES string of the molecule is N[C@@H]1CNCC1(F)F. The zero-order valence-electron chi connectivity index (χ0n) is 4.32. The van der Waals surface area contributed by atoms with E-state index in [-0.39, 0.29) is 13.1 Å². The van der Waals surface area contributed by atoms with E-state index in [0.717, 1.165) is 0 Å². The molecule has 1 saturated heterocycles. The monoisotopic (exact) mass is 122 g/mol. The van der Waals surface area contributed by atoms with E-state index in [1.807, 2.05) is 0 Å². The zero-order valence-corrected chi connectivity index (χ0v) is 4.32. The summed E-state index contributed by atoms with van der Waals surface area (Å²) >= 11 is 0. The van der Waals surface area contributed by atoms with Crippen LogP contribution in [0.1, 0.15) is 0 Å². The highest BCUT2D eigenvalue weighted by Gasteiger charge is 2.41. The van der Waals surface area contributed by atoms with Crippen LogP contribution in [0.4, 0.5) is 8.78 Å². The first-order valence-electron chi connectivity index (χ1n) is 2.47. The molecule has 0 aromatic heterocycles. The highest BCUT2D eigenvalue weighted by atomic mass is 19.3. The van der Waals surface area contributed by atoms with Crippen LogP contribution in [0.15, 0.2) is 0 Å². The lowest BCUT2D eigenvalue weighted by Crippen LogP contribution is -2.38. The van der Waals surface area contributed by atoms with Crippen LogP contribution in [0.5, 0.6) is 0 Å². The van der Waals surface area contributed by atoms with Gasteiger partial charge in [-0.3, -0.25) is 0 Å². The van der Waals surface area contributed by atoms with Gasteiger partial charge in [-0.05, 0) is 0 Å². The van der Waals surface area contributed by atoms with Crippen LogP contribution in [-0.2, 0) is 0 Å². The molecule has 0 bridgehead atoms. The van der Waals surface area contributed by atoms with Gasteiger partial charge in [0, 0.05) is 6.54 Å². The molecular formula is C4H8F2N2. The van der Waals surface area contributed by atoms with E-state index in [1.54, 1.807) is 0 Å². The fourth-order valence-corrected chi connectivity index (χ4v) is 0.675. The largest absolute Gasteiger partial charge is 0.322 e. The molecule has 0 amide bonds. The van der Waals surface area contributed by atoms with E-state index < -0.39 is 12.0 Å². The molecule has 0 saturated carbocycles. The summed E-state index contributed by atoms with van der Waals surface area (Å²) in [6.45, 7) is -0.0405. The molecule has 0 aromatic rings. The Morgan fingerprint density at radius 3 is 2.38 bits per heavy atom. The summed E-state index contributed by atoms with van der Waals surface area (Å²) in [7, 11) is 0. The summed E-state index contributed by atoms with van der Waals surface area (Å²) in [5.74, 6) is -2.68. The van der Waals surface area contributed by atoms with Crippen molar-refractivity contribution >= 4 is 0 Å². The van der Waals surface area contributed by atoms with Gasteiger partial charge in [0.2, 0.25) is 0 Å². The van der Waals surface area contributed by atoms with E-state index >= 15 is 0 Å². The smallest absolute Gasteiger partial charge is 0.276 e. The molecule has 1 rings (SSSR count). The van der Waals surface area contributed by atoms with Crippen molar-refractivity contribution < 1.29 is 8.78 Å². The molecule has 0 aliphatic carbocycles. The Balaban J connectivity index is 2.54. The van der Waals surface area contributed by atoms with Crippen molar-refractivity contribution in [2.75, 3.05) is 13.1 Å². The Hall–Kier alpha value is -0.220. The fraction of sp³-hybridized carbons (Fsp3) is 1.00. The van der Waals surface area contributed by atoms with Gasteiger partial charge in [-0.15, -0.1) is 0 Å². The zero-order chi connectivity index (χ0) is 6.20. The summed E-state index contributed by atoms with van der Waals surface area (Å²) in [6, 6.07) is -0.984. The molecular weight excluding hydrogens is 114 g/mol. The van der Waals surface area contributed by atoms with Crippen LogP contribution in [0.3, 0.4) is 0 Å². The average molecular weight is 122 g/mol. The van der Waals surface area contributed by atoms with Gasteiger partial charge in [0.05, 0.1) is 12.6 Å². The number of nitrogens with one attached hydrogen (secondary N) is 1. The van der Waals surface area contributed by atoms with Crippen molar-refractivity contribution in [1.82, 2.24) is 5.32 Å². The number of halogens is 2. The molecule has 1 aliphatic rings. The van der Waals surface area contributed by atoms with E-state index in [4.69, 9.17) is 5.73 Å². The van der Waals surface area contributed by atoms with Crippen LogP contribution in [0, 0.1) is 0 Å². The molecule has 1 aliphatic heterocycles. The van der Waals surface area contributed by atoms with Gasteiger partial charge in [0.25, 0.3) is 5.92 Å². The Bertz CT molecular complexity index is 94.0. The van der Waals surface area contributed by atoms with Crippen LogP contribution >= 0.6 is 0 Å². The molecule has 1 fully saturated rings. The van der Waals surface area contributed by atoms with Crippen molar-refractivity contribution in [3.63, 3.8) is 0 Å². The van der Waals surface area contributed by atoms with Crippen LogP contribution in [0.25, 0.3) is 0 Å². The van der Waals surface area contributed by atoms with Gasteiger partial charge < -0.3 is 11.1 Å². The van der Waals surface area contributed by atoms with Crippen LogP contribution in [0.2, 0.25) is 0 Å². The first kappa shape index (κ1) is 5.91. The summed E-state index contributed by atoms with van der Waals surface area (Å²) in [5, 5.41) is 2.49. The molecule has 1 heterocycles. The van der Waals surface area contributed by atoms with Crippen molar-refractivity contribution in [3.8, 4) is 0 Å². The van der Waals surface area contributed by atoms with Gasteiger partial charge >= 0.3 is 0 Å². The maximum Gasteiger partial charge on any atom is 0.276 e. The first-order valence-corrected chi connectivity index (χ1v) is 2.47. The van der Waals surface area contributed by atoms with E-state index in [9.17, 15) is 8.78 Å². The Kier molecular flexibility index (Phi) is 1.21. The standard InChI is InChI=1S/C4H8F2N2/c5-4(6)2-8-1-3(4)7/h3,8H,1-2,7H2/t3-/m1/s1. The number of rotatable bonds is 0. The third kappa shape index (κ3) is 0.809. The summed E-state index contributed by atoms with van der Waals surface area (Å²) in [4.78, 5) is 0. The molecule has 1 atom stereocenters. The lowest BCUT2D eigenvalue weighted by molar-refractivity contribution is 0.00814. The predicted octanol–water partition coefficient (Wildman–Crippen LogP) is -0.448. The lowest BCUT2D eigenvalue weighted by atomic mass is 10.2. The minimum atomic E-state index is -2.68. The van der Waals surface area contributed by atoms with Gasteiger partial charge in [-0.1, -0.05) is 0 Å². The van der Waals surface area contributed by atoms with Crippen LogP contribution in [-0.4, -0.2) is 25.1 Å². The average Bonchev–Trinajstić information content (AvgIpc) is 1.86. The highest BCUT2D eigenvalue weighted by Crippen LogP contribution is 2.19. The summed E-state index contributed by atoms with van der Waals surface area (Å²) < 4.78 is 24.3. The van der Waals surface area contributed by atoms with Crippen molar-refractivity contribution in [1.29, 1.82) is 0 Å². The summed E-state index contributed by atoms with van der Waals surface area (Å²) in [6.07, 6.45) is 0. The van der Waals surface area contributed by atoms with Crippen molar-refractivity contribution in [2.45, 2.75) is 12.0 Å². The molecule has 0 spiro atoms. The molecule has 0 radical (unpaired) electrons. The normalized spacial score (nSPS) is 35.6. The lowest BCUT2D eigenvalue weighted by Gasteiger charge is -2.10. The summed E-state index contributed by atoms with van der Waals surface area (Å²) in [5.41, 5.74) is 5.00. The van der Waals surface area contributed by atoms with E-state index in [0.29, 0.717) is 0 Å². The van der Waals surface area contributed by atoms with E-state index in [2.05, 4.69) is 5.32 Å². The molecule has 0 unspecified atom stereocenters. The van der Waals surface area contributed by atoms with Gasteiger partial charge in [0.15, 0.2) is 0 Å². The molecule has 48 valence electrons. The quantitative estimate of drug-likeness (QED) is 0.456. The third-order valence-electron chi connectivity index (χ3n) is 1.27. The second-order valence-electron chi connectivity index (χ2n) is 2.00. The molecule has 8 heavy (non-hydrogen) atoms. The Morgan fingerprint density at radius 2 is 2.25 bits per heavy atom. The molecule has 0 aromatic carbocycles. The Morgan fingerprint density at radius 1 is 1.62 bits per heavy atom. The number of nitrogens with two attached hydrogens (primary N) is 1. The third-order valence-corrected chi connectivity index (χ3v) is 1.27. The topological polar surface area (TPSA) is 38.0 Å². The highest BCUT2D eigenvalue weighted by molar-refractivity contribution is 4.90. The van der Waals surface area contributed by atoms with Gasteiger partial charge in [-0.2, -0.15) is 0 Å². The van der Waals surface area contributed by atoms with Gasteiger partial charge in [-0.25, -0.2) is 8.78 Å². The van der Waals surface area contributed by atoms with Gasteiger partial charge in [0.1, 0.15) is 0 Å². The maximum atomic E-state index is 12.2. The number of alkyl halides is 2. The maximum absolute atomic E-state index is 12.2. The minimum Gasteiger partial charge on any atom is -0.322 e. The minimum absolute atomic E-state index is 0.229. The Labute approximate surface area is 46.0 Å². The first-order chi connectivity index (χ1) is 3.63. The molecule has 2 nitrogen and oxygen atoms in total. The van der Waals surface area contributed by atoms with Crippen molar-refractivity contribution in [3.05, 3.63) is 0 Å². The fourth-order valence-electron chi connectivity index (χ4n) is 0.675. The molecule has 4 heteroatoms.